The van der Waals surface area contributed by atoms with E-state index in [2.05, 4.69) is 5.32 Å². The summed E-state index contributed by atoms with van der Waals surface area (Å²) in [4.78, 5) is 22.7. The van der Waals surface area contributed by atoms with Crippen LogP contribution in [-0.2, 0) is 11.2 Å². The standard InChI is InChI=1S/C18H20N2O5/c1-4-13-10-14(20(22)23)9-12(2)18(13)19-17(21)11-25-16-7-5-15(24-3)6-8-16/h5-10H,4,11H2,1-3H3,(H,19,21). The Morgan fingerprint density at radius 1 is 1.20 bits per heavy atom. The van der Waals surface area contributed by atoms with Crippen LogP contribution in [0.2, 0.25) is 0 Å². The molecule has 0 fully saturated rings. The predicted octanol–water partition coefficient (Wildman–Crippen LogP) is 3.49. The molecule has 25 heavy (non-hydrogen) atoms. The molecular formula is C18H20N2O5. The van der Waals surface area contributed by atoms with Crippen molar-refractivity contribution in [3.05, 3.63) is 57.6 Å². The van der Waals surface area contributed by atoms with Crippen LogP contribution in [0.5, 0.6) is 11.5 Å². The van der Waals surface area contributed by atoms with Gasteiger partial charge >= 0.3 is 0 Å². The van der Waals surface area contributed by atoms with E-state index in [0.29, 0.717) is 34.7 Å². The molecule has 132 valence electrons. The number of rotatable bonds is 7. The van der Waals surface area contributed by atoms with Gasteiger partial charge in [-0.3, -0.25) is 14.9 Å². The molecule has 0 bridgehead atoms. The summed E-state index contributed by atoms with van der Waals surface area (Å²) in [6, 6.07) is 9.82. The lowest BCUT2D eigenvalue weighted by Crippen LogP contribution is -2.21. The lowest BCUT2D eigenvalue weighted by molar-refractivity contribution is -0.384. The molecule has 0 unspecified atom stereocenters. The van der Waals surface area contributed by atoms with Crippen molar-refractivity contribution in [3.8, 4) is 11.5 Å². The van der Waals surface area contributed by atoms with Crippen molar-refractivity contribution in [1.29, 1.82) is 0 Å². The van der Waals surface area contributed by atoms with Gasteiger partial charge in [-0.05, 0) is 48.7 Å². The molecule has 0 heterocycles. The maximum atomic E-state index is 12.2. The first-order valence-corrected chi connectivity index (χ1v) is 7.79. The van der Waals surface area contributed by atoms with Crippen LogP contribution in [0.15, 0.2) is 36.4 Å². The summed E-state index contributed by atoms with van der Waals surface area (Å²) in [5, 5.41) is 13.7. The highest BCUT2D eigenvalue weighted by molar-refractivity contribution is 5.93. The molecule has 2 aromatic carbocycles. The van der Waals surface area contributed by atoms with Gasteiger partial charge in [-0.2, -0.15) is 0 Å². The van der Waals surface area contributed by atoms with E-state index in [4.69, 9.17) is 9.47 Å². The number of anilines is 1. The number of non-ortho nitro benzene ring substituents is 1. The molecule has 0 aliphatic carbocycles. The number of ether oxygens (including phenoxy) is 2. The fourth-order valence-electron chi connectivity index (χ4n) is 2.40. The lowest BCUT2D eigenvalue weighted by atomic mass is 10.0. The number of benzene rings is 2. The summed E-state index contributed by atoms with van der Waals surface area (Å²) in [7, 11) is 1.57. The van der Waals surface area contributed by atoms with Gasteiger partial charge in [0.2, 0.25) is 0 Å². The number of hydrogen-bond acceptors (Lipinski definition) is 5. The summed E-state index contributed by atoms with van der Waals surface area (Å²) >= 11 is 0. The first kappa shape index (κ1) is 18.3. The van der Waals surface area contributed by atoms with Crippen LogP contribution < -0.4 is 14.8 Å². The molecule has 2 aromatic rings. The van der Waals surface area contributed by atoms with Crippen LogP contribution in [0.25, 0.3) is 0 Å². The van der Waals surface area contributed by atoms with E-state index in [0.717, 1.165) is 0 Å². The maximum absolute atomic E-state index is 12.2. The van der Waals surface area contributed by atoms with Crippen LogP contribution >= 0.6 is 0 Å². The van der Waals surface area contributed by atoms with Crippen LogP contribution in [0, 0.1) is 17.0 Å². The molecule has 0 spiro atoms. The van der Waals surface area contributed by atoms with Crippen molar-refractivity contribution in [3.63, 3.8) is 0 Å². The highest BCUT2D eigenvalue weighted by Crippen LogP contribution is 2.27. The van der Waals surface area contributed by atoms with E-state index < -0.39 is 4.92 Å². The first-order chi connectivity index (χ1) is 11.9. The second-order valence-electron chi connectivity index (χ2n) is 5.42. The average molecular weight is 344 g/mol. The van der Waals surface area contributed by atoms with Crippen LogP contribution in [0.4, 0.5) is 11.4 Å². The van der Waals surface area contributed by atoms with Gasteiger partial charge in [-0.25, -0.2) is 0 Å². The van der Waals surface area contributed by atoms with E-state index in [9.17, 15) is 14.9 Å². The van der Waals surface area contributed by atoms with Gasteiger partial charge < -0.3 is 14.8 Å². The highest BCUT2D eigenvalue weighted by atomic mass is 16.6. The quantitative estimate of drug-likeness (QED) is 0.613. The molecule has 2 rings (SSSR count). The SMILES string of the molecule is CCc1cc([N+](=O)[O-])cc(C)c1NC(=O)COc1ccc(OC)cc1. The van der Waals surface area contributed by atoms with Gasteiger partial charge in [-0.15, -0.1) is 0 Å². The van der Waals surface area contributed by atoms with Crippen LogP contribution in [0.3, 0.4) is 0 Å². The zero-order valence-corrected chi connectivity index (χ0v) is 14.4. The Kier molecular flexibility index (Phi) is 5.94. The van der Waals surface area contributed by atoms with Gasteiger partial charge in [0.05, 0.1) is 12.0 Å². The van der Waals surface area contributed by atoms with Gasteiger partial charge in [0.25, 0.3) is 11.6 Å². The Bertz CT molecular complexity index is 772. The van der Waals surface area contributed by atoms with E-state index in [1.807, 2.05) is 6.92 Å². The molecule has 0 atom stereocenters. The van der Waals surface area contributed by atoms with Crippen LogP contribution in [0.1, 0.15) is 18.1 Å². The molecule has 0 aliphatic rings. The Labute approximate surface area is 145 Å². The number of hydrogen-bond donors (Lipinski definition) is 1. The normalized spacial score (nSPS) is 10.2. The van der Waals surface area contributed by atoms with Gasteiger partial charge in [0, 0.05) is 17.8 Å². The number of carbonyl (C=O) groups excluding carboxylic acids is 1. The number of nitro groups is 1. The molecule has 1 N–H and O–H groups in total. The minimum atomic E-state index is -0.440. The summed E-state index contributed by atoms with van der Waals surface area (Å²) in [5.74, 6) is 0.917. The third kappa shape index (κ3) is 4.69. The molecule has 0 saturated heterocycles. The highest BCUT2D eigenvalue weighted by Gasteiger charge is 2.15. The van der Waals surface area contributed by atoms with Gasteiger partial charge in [0.1, 0.15) is 11.5 Å². The lowest BCUT2D eigenvalue weighted by Gasteiger charge is -2.13. The summed E-state index contributed by atoms with van der Waals surface area (Å²) in [6.45, 7) is 3.44. The van der Waals surface area contributed by atoms with Crippen molar-refractivity contribution in [2.24, 2.45) is 0 Å². The Morgan fingerprint density at radius 2 is 1.84 bits per heavy atom. The fraction of sp³-hybridized carbons (Fsp3) is 0.278. The second-order valence-corrected chi connectivity index (χ2v) is 5.42. The Hall–Kier alpha value is -3.09. The summed E-state index contributed by atoms with van der Waals surface area (Å²) in [6.07, 6.45) is 0.567. The first-order valence-electron chi connectivity index (χ1n) is 7.79. The number of nitrogens with zero attached hydrogens (tertiary/aromatic N) is 1. The molecule has 0 aromatic heterocycles. The molecule has 0 aliphatic heterocycles. The Balaban J connectivity index is 2.05. The average Bonchev–Trinajstić information content (AvgIpc) is 2.61. The fourth-order valence-corrected chi connectivity index (χ4v) is 2.40. The molecule has 0 saturated carbocycles. The summed E-state index contributed by atoms with van der Waals surface area (Å²) in [5.41, 5.74) is 1.96. The van der Waals surface area contributed by atoms with Crippen molar-refractivity contribution in [2.45, 2.75) is 20.3 Å². The second kappa shape index (κ2) is 8.14. The molecule has 0 radical (unpaired) electrons. The number of nitrogens with one attached hydrogen (secondary N) is 1. The van der Waals surface area contributed by atoms with E-state index in [-0.39, 0.29) is 18.2 Å². The number of carbonyl (C=O) groups is 1. The van der Waals surface area contributed by atoms with Crippen molar-refractivity contribution < 1.29 is 19.2 Å². The molecular weight excluding hydrogens is 324 g/mol. The molecule has 7 nitrogen and oxygen atoms in total. The van der Waals surface area contributed by atoms with E-state index >= 15 is 0 Å². The smallest absolute Gasteiger partial charge is 0.270 e. The van der Waals surface area contributed by atoms with Crippen molar-refractivity contribution in [1.82, 2.24) is 0 Å². The minimum absolute atomic E-state index is 0.0156. The number of nitro benzene ring substituents is 1. The van der Waals surface area contributed by atoms with Crippen molar-refractivity contribution >= 4 is 17.3 Å². The molecule has 1 amide bonds. The van der Waals surface area contributed by atoms with E-state index in [1.165, 1.54) is 12.1 Å². The zero-order valence-electron chi connectivity index (χ0n) is 14.4. The maximum Gasteiger partial charge on any atom is 0.270 e. The topological polar surface area (TPSA) is 90.7 Å². The zero-order chi connectivity index (χ0) is 18.4. The largest absolute Gasteiger partial charge is 0.497 e. The number of amides is 1. The van der Waals surface area contributed by atoms with E-state index in [1.54, 1.807) is 38.3 Å². The predicted molar refractivity (Wildman–Crippen MR) is 94.3 cm³/mol. The monoisotopic (exact) mass is 344 g/mol. The summed E-state index contributed by atoms with van der Waals surface area (Å²) < 4.78 is 10.5. The van der Waals surface area contributed by atoms with Gasteiger partial charge in [0.15, 0.2) is 6.61 Å². The number of methoxy groups -OCH3 is 1. The van der Waals surface area contributed by atoms with Crippen molar-refractivity contribution in [2.75, 3.05) is 19.0 Å². The Morgan fingerprint density at radius 3 is 2.40 bits per heavy atom. The number of aryl methyl sites for hydroxylation is 2. The van der Waals surface area contributed by atoms with Gasteiger partial charge in [-0.1, -0.05) is 6.92 Å². The molecule has 7 heteroatoms. The third-order valence-corrected chi connectivity index (χ3v) is 3.69. The van der Waals surface area contributed by atoms with Crippen LogP contribution in [-0.4, -0.2) is 24.5 Å². The minimum Gasteiger partial charge on any atom is -0.497 e. The third-order valence-electron chi connectivity index (χ3n) is 3.69.